The van der Waals surface area contributed by atoms with E-state index >= 15 is 0 Å². The van der Waals surface area contributed by atoms with Crippen molar-refractivity contribution in [2.24, 2.45) is 0 Å². The van der Waals surface area contributed by atoms with Crippen molar-refractivity contribution in [2.75, 3.05) is 40.4 Å². The summed E-state index contributed by atoms with van der Waals surface area (Å²) in [6, 6.07) is 16.2. The average Bonchev–Trinajstić information content (AvgIpc) is 3.43. The first-order valence-electron chi connectivity index (χ1n) is 12.1. The first kappa shape index (κ1) is 26.1. The minimum absolute atomic E-state index is 0.240. The normalized spacial score (nSPS) is 20.6. The molecule has 0 spiro atoms. The summed E-state index contributed by atoms with van der Waals surface area (Å²) in [5.41, 5.74) is 1.07. The first-order valence-corrected chi connectivity index (χ1v) is 13.5. The molecule has 1 unspecified atom stereocenters. The molecule has 10 heteroatoms. The van der Waals surface area contributed by atoms with Crippen LogP contribution in [-0.4, -0.2) is 75.3 Å². The number of hydrogen-bond donors (Lipinski definition) is 1. The van der Waals surface area contributed by atoms with Gasteiger partial charge in [-0.15, -0.1) is 0 Å². The van der Waals surface area contributed by atoms with Gasteiger partial charge in [0.1, 0.15) is 11.8 Å². The van der Waals surface area contributed by atoms with Crippen molar-refractivity contribution < 1.29 is 27.5 Å². The highest BCUT2D eigenvalue weighted by Crippen LogP contribution is 2.37. The second-order valence-electron chi connectivity index (χ2n) is 9.23. The summed E-state index contributed by atoms with van der Waals surface area (Å²) in [5.74, 6) is -0.267. The van der Waals surface area contributed by atoms with Crippen LogP contribution in [0.3, 0.4) is 0 Å². The van der Waals surface area contributed by atoms with Crippen LogP contribution in [0.4, 0.5) is 0 Å². The third kappa shape index (κ3) is 5.11. The molecule has 2 saturated heterocycles. The molecular formula is C26H33N3O6S. The number of rotatable bonds is 8. The maximum atomic E-state index is 13.4. The van der Waals surface area contributed by atoms with Crippen molar-refractivity contribution in [1.82, 2.24) is 13.9 Å². The minimum atomic E-state index is -3.82. The van der Waals surface area contributed by atoms with E-state index in [1.54, 1.807) is 18.2 Å². The predicted octanol–water partition coefficient (Wildman–Crippen LogP) is 2.34. The van der Waals surface area contributed by atoms with Gasteiger partial charge in [-0.25, -0.2) is 0 Å². The number of piperidine rings is 1. The van der Waals surface area contributed by atoms with Gasteiger partial charge in [0, 0.05) is 31.6 Å². The smallest absolute Gasteiger partial charge is 0.324 e. The standard InChI is InChI=1S/C26H33N3O6S/c1-34-23-13-7-6-11-21(23)24(30)27-19-26(20-9-4-3-5-10-20)14-17-28(18-15-26)36(32,33)29-16-8-12-22(29)25(31)35-2/h3-7,9-11,13,22H,8,12,14-19H2,1-2H3,(H,27,30). The van der Waals surface area contributed by atoms with E-state index in [4.69, 9.17) is 9.47 Å². The number of benzene rings is 2. The molecule has 0 aliphatic carbocycles. The summed E-state index contributed by atoms with van der Waals surface area (Å²) in [6.45, 7) is 1.23. The zero-order valence-corrected chi connectivity index (χ0v) is 21.5. The molecule has 4 rings (SSSR count). The lowest BCUT2D eigenvalue weighted by atomic mass is 9.73. The second-order valence-corrected chi connectivity index (χ2v) is 11.1. The lowest BCUT2D eigenvalue weighted by Crippen LogP contribution is -2.54. The average molecular weight is 516 g/mol. The Morgan fingerprint density at radius 1 is 1.00 bits per heavy atom. The van der Waals surface area contributed by atoms with Gasteiger partial charge in [-0.2, -0.15) is 17.0 Å². The molecule has 2 fully saturated rings. The zero-order chi connectivity index (χ0) is 25.8. The maximum Gasteiger partial charge on any atom is 0.324 e. The molecule has 9 nitrogen and oxygen atoms in total. The lowest BCUT2D eigenvalue weighted by molar-refractivity contribution is -0.144. The van der Waals surface area contributed by atoms with Crippen LogP contribution in [-0.2, 0) is 25.2 Å². The van der Waals surface area contributed by atoms with E-state index < -0.39 is 27.6 Å². The monoisotopic (exact) mass is 515 g/mol. The number of esters is 1. The Labute approximate surface area is 212 Å². The van der Waals surface area contributed by atoms with Gasteiger partial charge in [-0.1, -0.05) is 42.5 Å². The number of methoxy groups -OCH3 is 2. The molecule has 1 N–H and O–H groups in total. The molecule has 1 atom stereocenters. The Balaban J connectivity index is 1.52. The molecule has 0 radical (unpaired) electrons. The Morgan fingerprint density at radius 3 is 2.33 bits per heavy atom. The molecule has 2 aromatic carbocycles. The molecule has 1 amide bonds. The van der Waals surface area contributed by atoms with Crippen molar-refractivity contribution in [3.05, 3.63) is 65.7 Å². The first-order chi connectivity index (χ1) is 17.3. The molecule has 36 heavy (non-hydrogen) atoms. The molecule has 0 aromatic heterocycles. The summed E-state index contributed by atoms with van der Waals surface area (Å²) in [6.07, 6.45) is 2.14. The molecule has 2 aliphatic rings. The quantitative estimate of drug-likeness (QED) is 0.541. The van der Waals surface area contributed by atoms with Crippen molar-refractivity contribution in [3.8, 4) is 5.75 Å². The van der Waals surface area contributed by atoms with E-state index in [1.165, 1.54) is 22.8 Å². The number of amides is 1. The predicted molar refractivity (Wildman–Crippen MR) is 135 cm³/mol. The van der Waals surface area contributed by atoms with Crippen LogP contribution >= 0.6 is 0 Å². The third-order valence-corrected chi connectivity index (χ3v) is 9.35. The number of carbonyl (C=O) groups is 2. The van der Waals surface area contributed by atoms with E-state index in [9.17, 15) is 18.0 Å². The highest BCUT2D eigenvalue weighted by atomic mass is 32.2. The Kier molecular flexibility index (Phi) is 7.97. The highest BCUT2D eigenvalue weighted by Gasteiger charge is 2.45. The molecule has 2 heterocycles. The maximum absolute atomic E-state index is 13.4. The topological polar surface area (TPSA) is 105 Å². The Hall–Kier alpha value is -2.95. The van der Waals surface area contributed by atoms with Gasteiger partial charge in [-0.3, -0.25) is 9.59 Å². The van der Waals surface area contributed by atoms with Gasteiger partial charge >= 0.3 is 5.97 Å². The Bertz CT molecular complexity index is 1180. The molecule has 194 valence electrons. The van der Waals surface area contributed by atoms with Crippen LogP contribution in [0.2, 0.25) is 0 Å². The number of ether oxygens (including phenoxy) is 2. The van der Waals surface area contributed by atoms with Gasteiger partial charge in [0.25, 0.3) is 16.1 Å². The zero-order valence-electron chi connectivity index (χ0n) is 20.7. The summed E-state index contributed by atoms with van der Waals surface area (Å²) in [5, 5.41) is 3.06. The van der Waals surface area contributed by atoms with Crippen molar-refractivity contribution >= 4 is 22.1 Å². The Morgan fingerprint density at radius 2 is 1.67 bits per heavy atom. The largest absolute Gasteiger partial charge is 0.496 e. The highest BCUT2D eigenvalue weighted by molar-refractivity contribution is 7.86. The van der Waals surface area contributed by atoms with E-state index in [0.29, 0.717) is 50.1 Å². The summed E-state index contributed by atoms with van der Waals surface area (Å²) in [4.78, 5) is 25.2. The van der Waals surface area contributed by atoms with Gasteiger partial charge in [0.05, 0.1) is 19.8 Å². The molecule has 2 aliphatic heterocycles. The van der Waals surface area contributed by atoms with E-state index in [1.807, 2.05) is 36.4 Å². The number of nitrogens with zero attached hydrogens (tertiary/aromatic N) is 2. The van der Waals surface area contributed by atoms with Gasteiger partial charge in [-0.05, 0) is 43.4 Å². The molecular weight excluding hydrogens is 482 g/mol. The van der Waals surface area contributed by atoms with Gasteiger partial charge in [0.15, 0.2) is 0 Å². The van der Waals surface area contributed by atoms with E-state index in [2.05, 4.69) is 5.32 Å². The molecule has 0 bridgehead atoms. The van der Waals surface area contributed by atoms with Crippen LogP contribution < -0.4 is 10.1 Å². The van der Waals surface area contributed by atoms with Crippen LogP contribution in [0.1, 0.15) is 41.6 Å². The van der Waals surface area contributed by atoms with Gasteiger partial charge < -0.3 is 14.8 Å². The van der Waals surface area contributed by atoms with Crippen LogP contribution in [0.15, 0.2) is 54.6 Å². The van der Waals surface area contributed by atoms with Gasteiger partial charge in [0.2, 0.25) is 0 Å². The van der Waals surface area contributed by atoms with Crippen molar-refractivity contribution in [3.63, 3.8) is 0 Å². The van der Waals surface area contributed by atoms with Crippen LogP contribution in [0.5, 0.6) is 5.75 Å². The lowest BCUT2D eigenvalue weighted by Gasteiger charge is -2.43. The number of carbonyl (C=O) groups excluding carboxylic acids is 2. The molecule has 2 aromatic rings. The SMILES string of the molecule is COC(=O)C1CCCN1S(=O)(=O)N1CCC(CNC(=O)c2ccccc2OC)(c2ccccc2)CC1. The fourth-order valence-electron chi connectivity index (χ4n) is 5.22. The van der Waals surface area contributed by atoms with Crippen LogP contribution in [0, 0.1) is 0 Å². The summed E-state index contributed by atoms with van der Waals surface area (Å²) in [7, 11) is -1.02. The third-order valence-electron chi connectivity index (χ3n) is 7.30. The molecule has 0 saturated carbocycles. The minimum Gasteiger partial charge on any atom is -0.496 e. The van der Waals surface area contributed by atoms with Crippen LogP contribution in [0.25, 0.3) is 0 Å². The van der Waals surface area contributed by atoms with E-state index in [-0.39, 0.29) is 19.0 Å². The van der Waals surface area contributed by atoms with Crippen molar-refractivity contribution in [2.45, 2.75) is 37.1 Å². The second kappa shape index (κ2) is 11.0. The summed E-state index contributed by atoms with van der Waals surface area (Å²) >= 11 is 0. The number of nitrogens with one attached hydrogen (secondary N) is 1. The van der Waals surface area contributed by atoms with Crippen molar-refractivity contribution in [1.29, 1.82) is 0 Å². The fraction of sp³-hybridized carbons (Fsp3) is 0.462. The fourth-order valence-corrected chi connectivity index (χ4v) is 7.03. The number of hydrogen-bond acceptors (Lipinski definition) is 6. The number of para-hydroxylation sites is 1. The summed E-state index contributed by atoms with van der Waals surface area (Å²) < 4.78 is 39.8. The van der Waals surface area contributed by atoms with E-state index in [0.717, 1.165) is 5.56 Å².